The molecule has 2 heteroatoms. The minimum atomic E-state index is 0.351. The molecular formula is C14H14N2. The molecule has 0 radical (unpaired) electrons. The van der Waals surface area contributed by atoms with Gasteiger partial charge >= 0.3 is 0 Å². The van der Waals surface area contributed by atoms with E-state index in [0.717, 1.165) is 17.7 Å². The van der Waals surface area contributed by atoms with Gasteiger partial charge in [-0.1, -0.05) is 36.4 Å². The van der Waals surface area contributed by atoms with Crippen LogP contribution >= 0.6 is 0 Å². The van der Waals surface area contributed by atoms with Crippen LogP contribution in [0.1, 0.15) is 17.9 Å². The fourth-order valence-electron chi connectivity index (χ4n) is 2.00. The predicted octanol–water partition coefficient (Wildman–Crippen LogP) is 2.56. The number of aromatic nitrogens is 1. The quantitative estimate of drug-likeness (QED) is 0.827. The Morgan fingerprint density at radius 2 is 1.81 bits per heavy atom. The van der Waals surface area contributed by atoms with Crippen molar-refractivity contribution in [1.82, 2.24) is 4.98 Å². The van der Waals surface area contributed by atoms with Gasteiger partial charge in [0.1, 0.15) is 0 Å². The highest BCUT2D eigenvalue weighted by Crippen LogP contribution is 2.38. The van der Waals surface area contributed by atoms with Gasteiger partial charge in [0.2, 0.25) is 0 Å². The molecule has 1 fully saturated rings. The van der Waals surface area contributed by atoms with E-state index >= 15 is 0 Å². The molecule has 1 aliphatic carbocycles. The van der Waals surface area contributed by atoms with Gasteiger partial charge in [-0.25, -0.2) is 0 Å². The zero-order valence-electron chi connectivity index (χ0n) is 9.01. The molecule has 2 N–H and O–H groups in total. The van der Waals surface area contributed by atoms with Crippen molar-refractivity contribution < 1.29 is 0 Å². The van der Waals surface area contributed by atoms with Crippen molar-refractivity contribution >= 4 is 0 Å². The second-order valence-corrected chi connectivity index (χ2v) is 4.35. The molecule has 1 aromatic heterocycles. The molecule has 1 heterocycles. The zero-order chi connectivity index (χ0) is 11.0. The minimum Gasteiger partial charge on any atom is -0.327 e. The van der Waals surface area contributed by atoms with Crippen molar-refractivity contribution in [3.63, 3.8) is 0 Å². The summed E-state index contributed by atoms with van der Waals surface area (Å²) in [7, 11) is 0. The lowest BCUT2D eigenvalue weighted by Crippen LogP contribution is -2.01. The largest absolute Gasteiger partial charge is 0.327 e. The summed E-state index contributed by atoms with van der Waals surface area (Å²) in [6, 6.07) is 14.8. The Kier molecular flexibility index (Phi) is 2.22. The molecule has 0 bridgehead atoms. The van der Waals surface area contributed by atoms with Crippen LogP contribution in [0.4, 0.5) is 0 Å². The van der Waals surface area contributed by atoms with E-state index in [9.17, 15) is 0 Å². The van der Waals surface area contributed by atoms with Gasteiger partial charge < -0.3 is 5.73 Å². The van der Waals surface area contributed by atoms with E-state index in [1.165, 1.54) is 5.56 Å². The summed E-state index contributed by atoms with van der Waals surface area (Å²) in [5.74, 6) is 0.539. The third-order valence-electron chi connectivity index (χ3n) is 3.12. The van der Waals surface area contributed by atoms with Crippen molar-refractivity contribution in [2.45, 2.75) is 18.4 Å². The summed E-state index contributed by atoms with van der Waals surface area (Å²) < 4.78 is 0. The molecule has 1 saturated carbocycles. The van der Waals surface area contributed by atoms with Gasteiger partial charge in [-0.3, -0.25) is 4.98 Å². The van der Waals surface area contributed by atoms with Gasteiger partial charge in [-0.05, 0) is 18.1 Å². The van der Waals surface area contributed by atoms with Crippen LogP contribution in [-0.2, 0) is 0 Å². The molecule has 0 saturated heterocycles. The van der Waals surface area contributed by atoms with E-state index in [4.69, 9.17) is 5.73 Å². The van der Waals surface area contributed by atoms with Crippen LogP contribution in [0.5, 0.6) is 0 Å². The number of nitrogens with zero attached hydrogens (tertiary/aromatic N) is 1. The van der Waals surface area contributed by atoms with Gasteiger partial charge in [0.05, 0.1) is 5.69 Å². The first-order valence-electron chi connectivity index (χ1n) is 5.61. The fraction of sp³-hybridized carbons (Fsp3) is 0.214. The highest BCUT2D eigenvalue weighted by molar-refractivity contribution is 5.58. The van der Waals surface area contributed by atoms with Crippen molar-refractivity contribution in [3.05, 3.63) is 54.2 Å². The molecule has 1 aromatic carbocycles. The van der Waals surface area contributed by atoms with Gasteiger partial charge in [0.25, 0.3) is 0 Å². The Labute approximate surface area is 95.1 Å². The van der Waals surface area contributed by atoms with E-state index in [0.29, 0.717) is 12.0 Å². The third-order valence-corrected chi connectivity index (χ3v) is 3.12. The van der Waals surface area contributed by atoms with Crippen LogP contribution in [0, 0.1) is 0 Å². The average Bonchev–Trinajstić information content (AvgIpc) is 3.08. The summed E-state index contributed by atoms with van der Waals surface area (Å²) in [6.07, 6.45) is 3.06. The Morgan fingerprint density at radius 3 is 2.38 bits per heavy atom. The molecule has 0 amide bonds. The first-order chi connectivity index (χ1) is 7.84. The zero-order valence-corrected chi connectivity index (χ0v) is 9.01. The number of nitrogens with two attached hydrogens (primary N) is 1. The van der Waals surface area contributed by atoms with E-state index in [2.05, 4.69) is 29.2 Å². The summed E-state index contributed by atoms with van der Waals surface area (Å²) in [5.41, 5.74) is 9.28. The number of hydrogen-bond donors (Lipinski definition) is 1. The smallest absolute Gasteiger partial charge is 0.0702 e. The first kappa shape index (κ1) is 9.55. The Balaban J connectivity index is 1.88. The summed E-state index contributed by atoms with van der Waals surface area (Å²) in [5, 5.41) is 0. The number of benzene rings is 1. The van der Waals surface area contributed by atoms with Gasteiger partial charge in [-0.2, -0.15) is 0 Å². The molecule has 0 spiro atoms. The minimum absolute atomic E-state index is 0.351. The summed E-state index contributed by atoms with van der Waals surface area (Å²) >= 11 is 0. The van der Waals surface area contributed by atoms with Crippen molar-refractivity contribution in [3.8, 4) is 11.3 Å². The van der Waals surface area contributed by atoms with Crippen LogP contribution in [0.15, 0.2) is 48.7 Å². The van der Waals surface area contributed by atoms with Crippen molar-refractivity contribution in [2.24, 2.45) is 5.73 Å². The van der Waals surface area contributed by atoms with E-state index in [1.807, 2.05) is 24.4 Å². The molecule has 2 nitrogen and oxygen atoms in total. The predicted molar refractivity (Wildman–Crippen MR) is 65.0 cm³/mol. The standard InChI is InChI=1S/C14H14N2/c15-13-8-12(13)11-6-7-14(16-9-11)10-4-2-1-3-5-10/h1-7,9,12-13H,8,15H2/t12-,13+/m0/s1. The van der Waals surface area contributed by atoms with Crippen LogP contribution in [0.3, 0.4) is 0 Å². The topological polar surface area (TPSA) is 38.9 Å². The Morgan fingerprint density at radius 1 is 1.06 bits per heavy atom. The monoisotopic (exact) mass is 210 g/mol. The lowest BCUT2D eigenvalue weighted by molar-refractivity contribution is 0.981. The van der Waals surface area contributed by atoms with E-state index in [-0.39, 0.29) is 0 Å². The van der Waals surface area contributed by atoms with Gasteiger partial charge in [0.15, 0.2) is 0 Å². The van der Waals surface area contributed by atoms with Gasteiger partial charge in [-0.15, -0.1) is 0 Å². The molecule has 80 valence electrons. The normalized spacial score (nSPS) is 23.1. The second-order valence-electron chi connectivity index (χ2n) is 4.35. The van der Waals surface area contributed by atoms with Crippen LogP contribution in [0.2, 0.25) is 0 Å². The van der Waals surface area contributed by atoms with Crippen molar-refractivity contribution in [2.75, 3.05) is 0 Å². The molecule has 0 unspecified atom stereocenters. The molecule has 1 aliphatic rings. The molecule has 2 atom stereocenters. The number of pyridine rings is 1. The maximum atomic E-state index is 5.82. The molecule has 0 aliphatic heterocycles. The average molecular weight is 210 g/mol. The molecular weight excluding hydrogens is 196 g/mol. The van der Waals surface area contributed by atoms with Crippen molar-refractivity contribution in [1.29, 1.82) is 0 Å². The van der Waals surface area contributed by atoms with Crippen LogP contribution in [0.25, 0.3) is 11.3 Å². The van der Waals surface area contributed by atoms with Gasteiger partial charge in [0, 0.05) is 23.7 Å². The molecule has 16 heavy (non-hydrogen) atoms. The lowest BCUT2D eigenvalue weighted by Gasteiger charge is -2.02. The highest BCUT2D eigenvalue weighted by Gasteiger charge is 2.34. The number of rotatable bonds is 2. The third kappa shape index (κ3) is 1.72. The molecule has 3 rings (SSSR count). The number of hydrogen-bond acceptors (Lipinski definition) is 2. The SMILES string of the molecule is N[C@@H]1C[C@H]1c1ccc(-c2ccccc2)nc1. The second kappa shape index (κ2) is 3.72. The highest BCUT2D eigenvalue weighted by atomic mass is 14.8. The summed E-state index contributed by atoms with van der Waals surface area (Å²) in [6.45, 7) is 0. The van der Waals surface area contributed by atoms with E-state index in [1.54, 1.807) is 0 Å². The summed E-state index contributed by atoms with van der Waals surface area (Å²) in [4.78, 5) is 4.49. The first-order valence-corrected chi connectivity index (χ1v) is 5.61. The maximum Gasteiger partial charge on any atom is 0.0702 e. The van der Waals surface area contributed by atoms with E-state index < -0.39 is 0 Å². The lowest BCUT2D eigenvalue weighted by atomic mass is 10.1. The fourth-order valence-corrected chi connectivity index (χ4v) is 2.00. The Bertz CT molecular complexity index is 476. The molecule has 2 aromatic rings. The van der Waals surface area contributed by atoms with Crippen LogP contribution < -0.4 is 5.73 Å². The Hall–Kier alpha value is -1.67. The maximum absolute atomic E-state index is 5.82. The van der Waals surface area contributed by atoms with Crippen LogP contribution in [-0.4, -0.2) is 11.0 Å².